The number of aryl methyl sites for hydroxylation is 1. The number of hydrogen-bond donors (Lipinski definition) is 4. The number of unbranched alkanes of at least 4 members (excludes halogenated alkanes) is 1. The van der Waals surface area contributed by atoms with Crippen LogP contribution in [-0.4, -0.2) is 23.5 Å². The van der Waals surface area contributed by atoms with Gasteiger partial charge in [0.15, 0.2) is 5.11 Å². The van der Waals surface area contributed by atoms with Gasteiger partial charge in [-0.15, -0.1) is 0 Å². The molecule has 0 aromatic heterocycles. The summed E-state index contributed by atoms with van der Waals surface area (Å²) in [5.74, 6) is -0.871. The summed E-state index contributed by atoms with van der Waals surface area (Å²) in [4.78, 5) is 23.9. The van der Waals surface area contributed by atoms with Crippen molar-refractivity contribution < 1.29 is 9.59 Å². The molecule has 0 atom stereocenters. The highest BCUT2D eigenvalue weighted by Crippen LogP contribution is 2.14. The van der Waals surface area contributed by atoms with E-state index in [9.17, 15) is 9.59 Å². The number of anilines is 1. The van der Waals surface area contributed by atoms with Crippen LogP contribution in [0.3, 0.4) is 0 Å². The van der Waals surface area contributed by atoms with Gasteiger partial charge in [0.25, 0.3) is 11.8 Å². The first-order valence-corrected chi connectivity index (χ1v) is 9.75. The Labute approximate surface area is 175 Å². The van der Waals surface area contributed by atoms with Crippen LogP contribution in [0.15, 0.2) is 48.5 Å². The molecule has 0 aliphatic rings. The fourth-order valence-electron chi connectivity index (χ4n) is 2.37. The molecule has 28 heavy (non-hydrogen) atoms. The van der Waals surface area contributed by atoms with Crippen molar-refractivity contribution in [2.75, 3.05) is 11.9 Å². The highest BCUT2D eigenvalue weighted by molar-refractivity contribution is 7.80. The van der Waals surface area contributed by atoms with Crippen LogP contribution in [0.5, 0.6) is 0 Å². The van der Waals surface area contributed by atoms with Crippen LogP contribution in [0.4, 0.5) is 5.69 Å². The zero-order valence-corrected chi connectivity index (χ0v) is 17.1. The monoisotopic (exact) mass is 418 g/mol. The zero-order valence-electron chi connectivity index (χ0n) is 15.5. The van der Waals surface area contributed by atoms with Crippen LogP contribution in [0.25, 0.3) is 0 Å². The number of amides is 2. The summed E-state index contributed by atoms with van der Waals surface area (Å²) < 4.78 is 0. The fraction of sp³-hybridized carbons (Fsp3) is 0.250. The van der Waals surface area contributed by atoms with Gasteiger partial charge in [-0.1, -0.05) is 49.2 Å². The number of halogens is 1. The molecular formula is C20H23ClN4O2S. The van der Waals surface area contributed by atoms with Crippen LogP contribution in [0, 0.1) is 0 Å². The fourth-order valence-corrected chi connectivity index (χ4v) is 2.76. The van der Waals surface area contributed by atoms with Crippen LogP contribution in [0.1, 0.15) is 35.7 Å². The maximum Gasteiger partial charge on any atom is 0.257 e. The molecule has 0 unspecified atom stereocenters. The number of carbonyl (C=O) groups excluding carboxylic acids is 2. The van der Waals surface area contributed by atoms with Crippen LogP contribution in [0.2, 0.25) is 5.02 Å². The third-order valence-corrected chi connectivity index (χ3v) is 4.41. The van der Waals surface area contributed by atoms with Crippen molar-refractivity contribution in [3.8, 4) is 0 Å². The normalized spacial score (nSPS) is 10.1. The molecule has 0 radical (unpaired) electrons. The summed E-state index contributed by atoms with van der Waals surface area (Å²) in [6, 6.07) is 14.6. The SMILES string of the molecule is CCCCc1ccc(NC(=S)NNC(=O)CNC(=O)c2ccccc2Cl)cc1. The smallest absolute Gasteiger partial charge is 0.257 e. The Bertz CT molecular complexity index is 827. The molecule has 8 heteroatoms. The summed E-state index contributed by atoms with van der Waals surface area (Å²) in [6.45, 7) is 1.95. The summed E-state index contributed by atoms with van der Waals surface area (Å²) in [5.41, 5.74) is 7.42. The van der Waals surface area contributed by atoms with E-state index in [1.807, 2.05) is 24.3 Å². The van der Waals surface area contributed by atoms with E-state index in [4.69, 9.17) is 23.8 Å². The van der Waals surface area contributed by atoms with Gasteiger partial charge in [0.05, 0.1) is 17.1 Å². The molecule has 0 saturated heterocycles. The van der Waals surface area contributed by atoms with E-state index in [-0.39, 0.29) is 11.7 Å². The van der Waals surface area contributed by atoms with Crippen molar-refractivity contribution >= 4 is 46.4 Å². The van der Waals surface area contributed by atoms with Crippen molar-refractivity contribution in [3.63, 3.8) is 0 Å². The lowest BCUT2D eigenvalue weighted by Crippen LogP contribution is -2.47. The van der Waals surface area contributed by atoms with Crippen molar-refractivity contribution in [1.82, 2.24) is 16.2 Å². The zero-order chi connectivity index (χ0) is 20.4. The maximum absolute atomic E-state index is 12.0. The molecule has 0 heterocycles. The molecule has 6 nitrogen and oxygen atoms in total. The Morgan fingerprint density at radius 1 is 1.04 bits per heavy atom. The Hall–Kier alpha value is -2.64. The molecule has 2 amide bonds. The molecule has 0 fully saturated rings. The number of hydrogen-bond acceptors (Lipinski definition) is 3. The van der Waals surface area contributed by atoms with Gasteiger partial charge < -0.3 is 10.6 Å². The molecule has 2 aromatic carbocycles. The van der Waals surface area contributed by atoms with Gasteiger partial charge in [0, 0.05) is 5.69 Å². The van der Waals surface area contributed by atoms with Gasteiger partial charge in [-0.05, 0) is 54.9 Å². The third-order valence-electron chi connectivity index (χ3n) is 3.87. The average molecular weight is 419 g/mol. The predicted molar refractivity (Wildman–Crippen MR) is 116 cm³/mol. The number of nitrogens with one attached hydrogen (secondary N) is 4. The Kier molecular flexibility index (Phi) is 8.71. The van der Waals surface area contributed by atoms with Gasteiger partial charge >= 0.3 is 0 Å². The minimum atomic E-state index is -0.445. The van der Waals surface area contributed by atoms with Gasteiger partial charge in [-0.3, -0.25) is 20.4 Å². The molecule has 0 aliphatic carbocycles. The minimum Gasteiger partial charge on any atom is -0.343 e. The van der Waals surface area contributed by atoms with Crippen molar-refractivity contribution in [2.24, 2.45) is 0 Å². The summed E-state index contributed by atoms with van der Waals surface area (Å²) in [6.07, 6.45) is 3.37. The number of rotatable bonds is 7. The highest BCUT2D eigenvalue weighted by atomic mass is 35.5. The van der Waals surface area contributed by atoms with E-state index in [1.54, 1.807) is 24.3 Å². The third kappa shape index (κ3) is 7.17. The average Bonchev–Trinajstić information content (AvgIpc) is 2.70. The quantitative estimate of drug-likeness (QED) is 0.409. The number of carbonyl (C=O) groups is 2. The molecule has 0 aliphatic heterocycles. The number of benzene rings is 2. The van der Waals surface area contributed by atoms with Crippen LogP contribution >= 0.6 is 23.8 Å². The van der Waals surface area contributed by atoms with E-state index in [0.717, 1.165) is 24.9 Å². The minimum absolute atomic E-state index is 0.216. The topological polar surface area (TPSA) is 82.3 Å². The first-order chi connectivity index (χ1) is 13.5. The second-order valence-electron chi connectivity index (χ2n) is 6.09. The Balaban J connectivity index is 1.71. The summed E-state index contributed by atoms with van der Waals surface area (Å²) >= 11 is 11.1. The molecule has 0 saturated carbocycles. The van der Waals surface area contributed by atoms with Crippen LogP contribution in [-0.2, 0) is 11.2 Å². The maximum atomic E-state index is 12.0. The van der Waals surface area contributed by atoms with Crippen LogP contribution < -0.4 is 21.5 Å². The second kappa shape index (κ2) is 11.3. The van der Waals surface area contributed by atoms with E-state index >= 15 is 0 Å². The van der Waals surface area contributed by atoms with Crippen molar-refractivity contribution in [3.05, 3.63) is 64.7 Å². The van der Waals surface area contributed by atoms with E-state index < -0.39 is 11.8 Å². The first-order valence-electron chi connectivity index (χ1n) is 8.97. The molecule has 0 spiro atoms. The molecule has 148 valence electrons. The van der Waals surface area contributed by atoms with Crippen molar-refractivity contribution in [1.29, 1.82) is 0 Å². The lowest BCUT2D eigenvalue weighted by Gasteiger charge is -2.12. The number of thiocarbonyl (C=S) groups is 1. The molecule has 4 N–H and O–H groups in total. The Morgan fingerprint density at radius 2 is 1.75 bits per heavy atom. The molecule has 2 rings (SSSR count). The lowest BCUT2D eigenvalue weighted by molar-refractivity contribution is -0.120. The summed E-state index contributed by atoms with van der Waals surface area (Å²) in [5, 5.41) is 6.04. The van der Waals surface area contributed by atoms with E-state index in [1.165, 1.54) is 5.56 Å². The lowest BCUT2D eigenvalue weighted by atomic mass is 10.1. The number of hydrazine groups is 1. The highest BCUT2D eigenvalue weighted by Gasteiger charge is 2.11. The summed E-state index contributed by atoms with van der Waals surface area (Å²) in [7, 11) is 0. The Morgan fingerprint density at radius 3 is 2.43 bits per heavy atom. The van der Waals surface area contributed by atoms with Gasteiger partial charge in [0.1, 0.15) is 0 Å². The van der Waals surface area contributed by atoms with E-state index in [2.05, 4.69) is 28.4 Å². The second-order valence-corrected chi connectivity index (χ2v) is 6.91. The first kappa shape index (κ1) is 21.7. The molecule has 2 aromatic rings. The standard InChI is InChI=1S/C20H23ClN4O2S/c1-2-3-6-14-9-11-15(12-10-14)23-20(28)25-24-18(26)13-22-19(27)16-7-4-5-8-17(16)21/h4-5,7-12H,2-3,6,13H2,1H3,(H,22,27)(H,24,26)(H2,23,25,28). The van der Waals surface area contributed by atoms with Gasteiger partial charge in [0.2, 0.25) is 0 Å². The predicted octanol–water partition coefficient (Wildman–Crippen LogP) is 3.43. The largest absolute Gasteiger partial charge is 0.343 e. The van der Waals surface area contributed by atoms with Gasteiger partial charge in [-0.25, -0.2) is 0 Å². The van der Waals surface area contributed by atoms with E-state index in [0.29, 0.717) is 10.6 Å². The molecule has 0 bridgehead atoms. The van der Waals surface area contributed by atoms with Crippen molar-refractivity contribution in [2.45, 2.75) is 26.2 Å². The van der Waals surface area contributed by atoms with Gasteiger partial charge in [-0.2, -0.15) is 0 Å². The molecular weight excluding hydrogens is 396 g/mol.